The number of rotatable bonds is 10. The number of furan rings is 1. The monoisotopic (exact) mass is 638 g/mol. The summed E-state index contributed by atoms with van der Waals surface area (Å²) < 4.78 is 19.0. The minimum Gasteiger partial charge on any atom is -0.493 e. The smallest absolute Gasteiger partial charge is 0.287 e. The van der Waals surface area contributed by atoms with Gasteiger partial charge >= 0.3 is 0 Å². The van der Waals surface area contributed by atoms with E-state index in [1.165, 1.54) is 23.0 Å². The second kappa shape index (κ2) is 12.6. The van der Waals surface area contributed by atoms with Gasteiger partial charge < -0.3 is 23.8 Å². The highest BCUT2D eigenvalue weighted by molar-refractivity contribution is 9.10. The number of hydrazone groups is 1. The average Bonchev–Trinajstić information content (AvgIpc) is 3.75. The molecule has 1 N–H and O–H groups in total. The zero-order chi connectivity index (χ0) is 28.9. The first-order chi connectivity index (χ1) is 19.9. The SMILES string of the molecule is COc1cccc([C@H]2CC(c3ccc(Br)cc3)=NN2C(=O)CSc2nnc(CNC(=O)c3ccco3)n2C)c1OC. The summed E-state index contributed by atoms with van der Waals surface area (Å²) in [5.74, 6) is 1.41. The van der Waals surface area contributed by atoms with E-state index in [0.29, 0.717) is 28.9 Å². The number of thioether (sulfide) groups is 1. The summed E-state index contributed by atoms with van der Waals surface area (Å²) in [6.07, 6.45) is 1.94. The number of nitrogens with zero attached hydrogens (tertiary/aromatic N) is 5. The number of nitrogens with one attached hydrogen (secondary N) is 1. The zero-order valence-corrected chi connectivity index (χ0v) is 24.9. The van der Waals surface area contributed by atoms with E-state index in [-0.39, 0.29) is 29.9 Å². The van der Waals surface area contributed by atoms with E-state index in [1.54, 1.807) is 38.0 Å². The van der Waals surface area contributed by atoms with Crippen molar-refractivity contribution in [2.24, 2.45) is 12.1 Å². The molecule has 41 heavy (non-hydrogen) atoms. The Labute approximate surface area is 249 Å². The van der Waals surface area contributed by atoms with Gasteiger partial charge in [-0.2, -0.15) is 5.10 Å². The van der Waals surface area contributed by atoms with Gasteiger partial charge in [-0.25, -0.2) is 5.01 Å². The van der Waals surface area contributed by atoms with Crippen LogP contribution in [0.2, 0.25) is 0 Å². The fraction of sp³-hybridized carbons (Fsp3) is 0.250. The number of para-hydroxylation sites is 1. The van der Waals surface area contributed by atoms with Crippen molar-refractivity contribution in [1.82, 2.24) is 25.1 Å². The molecule has 212 valence electrons. The maximum Gasteiger partial charge on any atom is 0.287 e. The predicted molar refractivity (Wildman–Crippen MR) is 156 cm³/mol. The molecular formula is C28H27BrN6O5S. The molecule has 0 saturated carbocycles. The molecule has 0 bridgehead atoms. The third-order valence-corrected chi connectivity index (χ3v) is 8.07. The van der Waals surface area contributed by atoms with E-state index in [1.807, 2.05) is 42.5 Å². The lowest BCUT2D eigenvalue weighted by molar-refractivity contribution is -0.130. The number of methoxy groups -OCH3 is 2. The van der Waals surface area contributed by atoms with Gasteiger partial charge in [-0.1, -0.05) is 52.0 Å². The van der Waals surface area contributed by atoms with Gasteiger partial charge in [0.2, 0.25) is 0 Å². The van der Waals surface area contributed by atoms with E-state index in [2.05, 4.69) is 31.4 Å². The Morgan fingerprint density at radius 3 is 2.61 bits per heavy atom. The van der Waals surface area contributed by atoms with Crippen molar-refractivity contribution in [2.75, 3.05) is 20.0 Å². The normalized spacial score (nSPS) is 14.6. The Kier molecular flexibility index (Phi) is 8.74. The topological polar surface area (TPSA) is 124 Å². The van der Waals surface area contributed by atoms with Crippen LogP contribution in [0.5, 0.6) is 11.5 Å². The molecule has 1 aliphatic rings. The van der Waals surface area contributed by atoms with Crippen LogP contribution in [0, 0.1) is 0 Å². The molecule has 1 atom stereocenters. The Morgan fingerprint density at radius 1 is 1.10 bits per heavy atom. The van der Waals surface area contributed by atoms with Crippen LogP contribution in [0.15, 0.2) is 80.0 Å². The summed E-state index contributed by atoms with van der Waals surface area (Å²) in [5, 5.41) is 17.9. The maximum atomic E-state index is 13.6. The first kappa shape index (κ1) is 28.4. The van der Waals surface area contributed by atoms with Gasteiger partial charge in [-0.3, -0.25) is 9.59 Å². The fourth-order valence-corrected chi connectivity index (χ4v) is 5.49. The molecule has 0 unspecified atom stereocenters. The summed E-state index contributed by atoms with van der Waals surface area (Å²) in [7, 11) is 4.94. The minimum atomic E-state index is -0.390. The summed E-state index contributed by atoms with van der Waals surface area (Å²) >= 11 is 4.72. The Bertz CT molecular complexity index is 1570. The number of carbonyl (C=O) groups excluding carboxylic acids is 2. The minimum absolute atomic E-state index is 0.0740. The molecule has 3 heterocycles. The maximum absolute atomic E-state index is 13.6. The standard InChI is InChI=1S/C28H27BrN6O5S/c1-34-24(15-30-27(37)23-8-5-13-40-23)31-32-28(34)41-16-25(36)35-21(19-6-4-7-22(38-2)26(19)39-3)14-20(33-35)17-9-11-18(29)12-10-17/h4-13,21H,14-16H2,1-3H3,(H,30,37)/t21-/m1/s1. The molecular weight excluding hydrogens is 612 g/mol. The van der Waals surface area contributed by atoms with Gasteiger partial charge in [0, 0.05) is 23.5 Å². The predicted octanol–water partition coefficient (Wildman–Crippen LogP) is 4.59. The lowest BCUT2D eigenvalue weighted by Crippen LogP contribution is -2.29. The van der Waals surface area contributed by atoms with Crippen molar-refractivity contribution in [3.05, 3.63) is 88.0 Å². The van der Waals surface area contributed by atoms with Gasteiger partial charge in [0.25, 0.3) is 11.8 Å². The molecule has 11 nitrogen and oxygen atoms in total. The number of halogens is 1. The van der Waals surface area contributed by atoms with Crippen molar-refractivity contribution in [2.45, 2.75) is 24.2 Å². The van der Waals surface area contributed by atoms with Crippen molar-refractivity contribution >= 4 is 45.2 Å². The summed E-state index contributed by atoms with van der Waals surface area (Å²) in [5.41, 5.74) is 2.52. The Morgan fingerprint density at radius 2 is 1.90 bits per heavy atom. The van der Waals surface area contributed by atoms with Crippen LogP contribution in [-0.4, -0.2) is 57.3 Å². The molecule has 1 aliphatic heterocycles. The largest absolute Gasteiger partial charge is 0.493 e. The number of aromatic nitrogens is 3. The van der Waals surface area contributed by atoms with Crippen molar-refractivity contribution in [3.63, 3.8) is 0 Å². The van der Waals surface area contributed by atoms with Crippen molar-refractivity contribution < 1.29 is 23.5 Å². The van der Waals surface area contributed by atoms with Crippen LogP contribution in [0.4, 0.5) is 0 Å². The molecule has 2 aromatic heterocycles. The van der Waals surface area contributed by atoms with Crippen molar-refractivity contribution in [1.29, 1.82) is 0 Å². The molecule has 4 aromatic rings. The van der Waals surface area contributed by atoms with Crippen LogP contribution < -0.4 is 14.8 Å². The number of carbonyl (C=O) groups is 2. The molecule has 0 radical (unpaired) electrons. The van der Waals surface area contributed by atoms with Gasteiger partial charge in [0.1, 0.15) is 0 Å². The number of hydrogen-bond acceptors (Lipinski definition) is 9. The molecule has 0 spiro atoms. The van der Waals surface area contributed by atoms with Gasteiger partial charge in [-0.05, 0) is 35.9 Å². The Balaban J connectivity index is 1.33. The van der Waals surface area contributed by atoms with Gasteiger partial charge in [0.15, 0.2) is 28.2 Å². The summed E-state index contributed by atoms with van der Waals surface area (Å²) in [6.45, 7) is 0.155. The highest BCUT2D eigenvalue weighted by Gasteiger charge is 2.35. The van der Waals surface area contributed by atoms with Crippen LogP contribution in [0.25, 0.3) is 0 Å². The van der Waals surface area contributed by atoms with E-state index < -0.39 is 6.04 Å². The highest BCUT2D eigenvalue weighted by Crippen LogP contribution is 2.42. The molecule has 0 saturated heterocycles. The highest BCUT2D eigenvalue weighted by atomic mass is 79.9. The second-order valence-corrected chi connectivity index (χ2v) is 10.9. The lowest BCUT2D eigenvalue weighted by atomic mass is 9.97. The van der Waals surface area contributed by atoms with Crippen LogP contribution >= 0.6 is 27.7 Å². The van der Waals surface area contributed by atoms with E-state index in [9.17, 15) is 9.59 Å². The summed E-state index contributed by atoms with van der Waals surface area (Å²) in [6, 6.07) is 16.3. The number of amides is 2. The third-order valence-electron chi connectivity index (χ3n) is 6.54. The van der Waals surface area contributed by atoms with Crippen LogP contribution in [0.1, 0.15) is 40.0 Å². The zero-order valence-electron chi connectivity index (χ0n) is 22.5. The molecule has 0 fully saturated rings. The molecule has 2 amide bonds. The van der Waals surface area contributed by atoms with Gasteiger partial charge in [0.05, 0.1) is 44.5 Å². The first-order valence-electron chi connectivity index (χ1n) is 12.6. The summed E-state index contributed by atoms with van der Waals surface area (Å²) in [4.78, 5) is 25.8. The average molecular weight is 640 g/mol. The van der Waals surface area contributed by atoms with Gasteiger partial charge in [-0.15, -0.1) is 10.2 Å². The quantitative estimate of drug-likeness (QED) is 0.250. The number of hydrogen-bond donors (Lipinski definition) is 1. The first-order valence-corrected chi connectivity index (χ1v) is 14.4. The number of benzene rings is 2. The van der Waals surface area contributed by atoms with E-state index in [4.69, 9.17) is 19.0 Å². The van der Waals surface area contributed by atoms with E-state index in [0.717, 1.165) is 21.3 Å². The fourth-order valence-electron chi connectivity index (χ4n) is 4.45. The molecule has 2 aromatic carbocycles. The van der Waals surface area contributed by atoms with E-state index >= 15 is 0 Å². The molecule has 5 rings (SSSR count). The van der Waals surface area contributed by atoms with Crippen LogP contribution in [-0.2, 0) is 18.4 Å². The Hall–Kier alpha value is -4.10. The number of ether oxygens (including phenoxy) is 2. The molecule has 13 heteroatoms. The lowest BCUT2D eigenvalue weighted by Gasteiger charge is -2.24. The van der Waals surface area contributed by atoms with Crippen LogP contribution in [0.3, 0.4) is 0 Å². The third kappa shape index (κ3) is 6.15. The molecule has 0 aliphatic carbocycles. The van der Waals surface area contributed by atoms with Crippen molar-refractivity contribution in [3.8, 4) is 11.5 Å². The second-order valence-electron chi connectivity index (χ2n) is 9.00.